The Morgan fingerprint density at radius 2 is 1.86 bits per heavy atom. The van der Waals surface area contributed by atoms with Gasteiger partial charge in [0.15, 0.2) is 5.82 Å². The third kappa shape index (κ3) is 2.10. The van der Waals surface area contributed by atoms with E-state index in [0.717, 1.165) is 42.3 Å². The molecule has 3 nitrogen and oxygen atoms in total. The lowest BCUT2D eigenvalue weighted by Crippen LogP contribution is -2.26. The first-order chi connectivity index (χ1) is 10.3. The summed E-state index contributed by atoms with van der Waals surface area (Å²) in [5.74, 6) is 0.840. The van der Waals surface area contributed by atoms with E-state index in [1.54, 1.807) is 0 Å². The van der Waals surface area contributed by atoms with Crippen molar-refractivity contribution in [1.29, 1.82) is 0 Å². The number of aryl methyl sites for hydroxylation is 1. The van der Waals surface area contributed by atoms with Crippen LogP contribution in [0.25, 0.3) is 22.2 Å². The maximum absolute atomic E-state index is 4.82. The molecule has 104 valence electrons. The molecule has 0 bridgehead atoms. The summed E-state index contributed by atoms with van der Waals surface area (Å²) in [7, 11) is 0. The second-order valence-corrected chi connectivity index (χ2v) is 5.51. The van der Waals surface area contributed by atoms with Crippen LogP contribution in [0.1, 0.15) is 17.0 Å². The van der Waals surface area contributed by atoms with Gasteiger partial charge in [0.25, 0.3) is 0 Å². The summed E-state index contributed by atoms with van der Waals surface area (Å²) < 4.78 is 0. The molecule has 0 saturated heterocycles. The minimum Gasteiger partial charge on any atom is -0.311 e. The summed E-state index contributed by atoms with van der Waals surface area (Å²) in [5, 5.41) is 5.83. The van der Waals surface area contributed by atoms with Crippen LogP contribution in [-0.4, -0.2) is 16.5 Å². The van der Waals surface area contributed by atoms with Crippen LogP contribution < -0.4 is 5.32 Å². The fourth-order valence-electron chi connectivity index (χ4n) is 3.09. The van der Waals surface area contributed by atoms with Crippen LogP contribution in [0, 0.1) is 6.92 Å². The zero-order valence-corrected chi connectivity index (χ0v) is 12.1. The molecule has 0 fully saturated rings. The van der Waals surface area contributed by atoms with Crippen LogP contribution in [0.2, 0.25) is 0 Å². The Hall–Kier alpha value is -2.26. The molecule has 0 amide bonds. The number of rotatable bonds is 1. The molecule has 0 radical (unpaired) electrons. The fraction of sp³-hybridized carbons (Fsp3) is 0.222. The molecular formula is C18H17N3. The van der Waals surface area contributed by atoms with Crippen molar-refractivity contribution in [3.05, 3.63) is 59.4 Å². The molecule has 2 aromatic carbocycles. The fourth-order valence-corrected chi connectivity index (χ4v) is 3.09. The maximum Gasteiger partial charge on any atom is 0.160 e. The van der Waals surface area contributed by atoms with Gasteiger partial charge in [-0.1, -0.05) is 42.5 Å². The summed E-state index contributed by atoms with van der Waals surface area (Å²) in [5.41, 5.74) is 4.70. The number of hydrogen-bond donors (Lipinski definition) is 1. The Labute approximate surface area is 124 Å². The Bertz CT molecular complexity index is 819. The van der Waals surface area contributed by atoms with Gasteiger partial charge in [-0.2, -0.15) is 0 Å². The van der Waals surface area contributed by atoms with Gasteiger partial charge in [-0.3, -0.25) is 0 Å². The summed E-state index contributed by atoms with van der Waals surface area (Å²) in [6, 6.07) is 14.7. The molecule has 1 N–H and O–H groups in total. The molecule has 0 saturated carbocycles. The van der Waals surface area contributed by atoms with Crippen LogP contribution in [0.5, 0.6) is 0 Å². The van der Waals surface area contributed by atoms with Crippen LogP contribution >= 0.6 is 0 Å². The molecule has 0 aliphatic carbocycles. The molecule has 1 aliphatic rings. The molecular weight excluding hydrogens is 258 g/mol. The predicted octanol–water partition coefficient (Wildman–Crippen LogP) is 3.25. The molecule has 2 heterocycles. The Balaban J connectivity index is 1.95. The van der Waals surface area contributed by atoms with E-state index in [0.29, 0.717) is 0 Å². The van der Waals surface area contributed by atoms with Gasteiger partial charge in [-0.25, -0.2) is 9.97 Å². The maximum atomic E-state index is 4.82. The monoisotopic (exact) mass is 275 g/mol. The van der Waals surface area contributed by atoms with Crippen molar-refractivity contribution >= 4 is 10.8 Å². The number of benzene rings is 2. The summed E-state index contributed by atoms with van der Waals surface area (Å²) in [4.78, 5) is 9.59. The summed E-state index contributed by atoms with van der Waals surface area (Å²) in [6.07, 6.45) is 1.02. The molecule has 0 atom stereocenters. The van der Waals surface area contributed by atoms with Gasteiger partial charge in [0.1, 0.15) is 0 Å². The van der Waals surface area contributed by atoms with Gasteiger partial charge in [0.05, 0.1) is 5.69 Å². The lowest BCUT2D eigenvalue weighted by molar-refractivity contribution is 0.620. The average molecular weight is 275 g/mol. The molecule has 0 unspecified atom stereocenters. The van der Waals surface area contributed by atoms with Crippen LogP contribution in [0.15, 0.2) is 42.5 Å². The van der Waals surface area contributed by atoms with Gasteiger partial charge >= 0.3 is 0 Å². The number of hydrogen-bond acceptors (Lipinski definition) is 3. The number of nitrogens with zero attached hydrogens (tertiary/aromatic N) is 2. The standard InChI is InChI=1S/C18H17N3/c1-12-14-9-10-19-11-17(14)21-18(20-12)16-8-4-6-13-5-2-3-7-15(13)16/h2-8,19H,9-11H2,1H3. The van der Waals surface area contributed by atoms with Crippen molar-refractivity contribution < 1.29 is 0 Å². The lowest BCUT2D eigenvalue weighted by atomic mass is 10.0. The topological polar surface area (TPSA) is 37.8 Å². The van der Waals surface area contributed by atoms with E-state index in [1.807, 2.05) is 0 Å². The van der Waals surface area contributed by atoms with Crippen molar-refractivity contribution in [2.45, 2.75) is 19.9 Å². The first-order valence-electron chi connectivity index (χ1n) is 7.38. The lowest BCUT2D eigenvalue weighted by Gasteiger charge is -2.19. The largest absolute Gasteiger partial charge is 0.311 e. The Kier molecular flexibility index (Phi) is 2.93. The highest BCUT2D eigenvalue weighted by Crippen LogP contribution is 2.28. The molecule has 21 heavy (non-hydrogen) atoms. The van der Waals surface area contributed by atoms with E-state index < -0.39 is 0 Å². The molecule has 1 aromatic heterocycles. The quantitative estimate of drug-likeness (QED) is 0.741. The van der Waals surface area contributed by atoms with E-state index in [-0.39, 0.29) is 0 Å². The second kappa shape index (κ2) is 4.93. The van der Waals surface area contributed by atoms with Crippen LogP contribution in [0.3, 0.4) is 0 Å². The Morgan fingerprint density at radius 3 is 2.81 bits per heavy atom. The highest BCUT2D eigenvalue weighted by atomic mass is 15.0. The van der Waals surface area contributed by atoms with E-state index in [1.165, 1.54) is 16.3 Å². The van der Waals surface area contributed by atoms with E-state index >= 15 is 0 Å². The van der Waals surface area contributed by atoms with Gasteiger partial charge in [0.2, 0.25) is 0 Å². The second-order valence-electron chi connectivity index (χ2n) is 5.51. The van der Waals surface area contributed by atoms with Crippen molar-refractivity contribution in [3.8, 4) is 11.4 Å². The first kappa shape index (κ1) is 12.5. The highest BCUT2D eigenvalue weighted by molar-refractivity contribution is 5.95. The van der Waals surface area contributed by atoms with Crippen molar-refractivity contribution in [2.24, 2.45) is 0 Å². The van der Waals surface area contributed by atoms with Gasteiger partial charge in [0, 0.05) is 17.8 Å². The minimum absolute atomic E-state index is 0.840. The Morgan fingerprint density at radius 1 is 1.00 bits per heavy atom. The number of nitrogens with one attached hydrogen (secondary N) is 1. The molecule has 4 rings (SSSR count). The minimum atomic E-state index is 0.840. The van der Waals surface area contributed by atoms with Crippen molar-refractivity contribution in [2.75, 3.05) is 6.54 Å². The van der Waals surface area contributed by atoms with E-state index in [2.05, 4.69) is 54.7 Å². The van der Waals surface area contributed by atoms with E-state index in [4.69, 9.17) is 9.97 Å². The molecule has 3 heteroatoms. The summed E-state index contributed by atoms with van der Waals surface area (Å²) in [6.45, 7) is 3.96. The van der Waals surface area contributed by atoms with Gasteiger partial charge in [-0.15, -0.1) is 0 Å². The van der Waals surface area contributed by atoms with Crippen LogP contribution in [-0.2, 0) is 13.0 Å². The average Bonchev–Trinajstić information content (AvgIpc) is 2.54. The third-order valence-electron chi connectivity index (χ3n) is 4.17. The molecule has 1 aliphatic heterocycles. The predicted molar refractivity (Wildman–Crippen MR) is 85.1 cm³/mol. The molecule has 0 spiro atoms. The number of aromatic nitrogens is 2. The number of fused-ring (bicyclic) bond motifs is 2. The SMILES string of the molecule is Cc1nc(-c2cccc3ccccc23)nc2c1CCNC2. The normalized spacial score (nSPS) is 14.1. The van der Waals surface area contributed by atoms with Crippen LogP contribution in [0.4, 0.5) is 0 Å². The highest BCUT2D eigenvalue weighted by Gasteiger charge is 2.16. The smallest absolute Gasteiger partial charge is 0.160 e. The van der Waals surface area contributed by atoms with Gasteiger partial charge in [-0.05, 0) is 36.2 Å². The zero-order chi connectivity index (χ0) is 14.2. The van der Waals surface area contributed by atoms with Crippen molar-refractivity contribution in [1.82, 2.24) is 15.3 Å². The zero-order valence-electron chi connectivity index (χ0n) is 12.1. The summed E-state index contributed by atoms with van der Waals surface area (Å²) >= 11 is 0. The van der Waals surface area contributed by atoms with Gasteiger partial charge < -0.3 is 5.32 Å². The third-order valence-corrected chi connectivity index (χ3v) is 4.17. The first-order valence-corrected chi connectivity index (χ1v) is 7.38. The van der Waals surface area contributed by atoms with E-state index in [9.17, 15) is 0 Å². The molecule has 3 aromatic rings. The van der Waals surface area contributed by atoms with Crippen molar-refractivity contribution in [3.63, 3.8) is 0 Å².